The van der Waals surface area contributed by atoms with Gasteiger partial charge in [0.15, 0.2) is 0 Å². The van der Waals surface area contributed by atoms with E-state index in [-0.39, 0.29) is 0 Å². The highest BCUT2D eigenvalue weighted by Crippen LogP contribution is 2.35. The van der Waals surface area contributed by atoms with Gasteiger partial charge in [-0.15, -0.1) is 0 Å². The number of aryl methyl sites for hydroxylation is 2. The fourth-order valence-corrected chi connectivity index (χ4v) is 4.28. The third-order valence-electron chi connectivity index (χ3n) is 4.36. The molecule has 0 heterocycles. The fourth-order valence-electron chi connectivity index (χ4n) is 2.64. The molecular weight excluding hydrogens is 490 g/mol. The van der Waals surface area contributed by atoms with Crippen LogP contribution in [0, 0.1) is 13.8 Å². The molecule has 140 valence electrons. The summed E-state index contributed by atoms with van der Waals surface area (Å²) in [5.74, 6) is 0.792. The summed E-state index contributed by atoms with van der Waals surface area (Å²) >= 11 is 13.2. The molecule has 0 aliphatic rings. The predicted molar refractivity (Wildman–Crippen MR) is 121 cm³/mol. The molecule has 0 unspecified atom stereocenters. The number of hydrogen-bond acceptors (Lipinski definition) is 2. The molecule has 0 aliphatic heterocycles. The first-order chi connectivity index (χ1) is 12.9. The van der Waals surface area contributed by atoms with E-state index in [9.17, 15) is 0 Å². The van der Waals surface area contributed by atoms with Crippen LogP contribution in [0.1, 0.15) is 22.3 Å². The second-order valence-electron chi connectivity index (χ2n) is 6.46. The van der Waals surface area contributed by atoms with E-state index in [1.165, 1.54) is 11.1 Å². The van der Waals surface area contributed by atoms with Crippen molar-refractivity contribution in [3.63, 3.8) is 0 Å². The average Bonchev–Trinajstić information content (AvgIpc) is 2.63. The summed E-state index contributed by atoms with van der Waals surface area (Å²) in [5, 5.41) is 4.19. The standard InChI is InChI=1S/C22H20Br2ClNO/c1-14-3-8-19(9-15(14)2)26-12-17-10-20(23)22(21(24)11-17)27-13-16-4-6-18(25)7-5-16/h3-11,26H,12-13H2,1-2H3. The number of hydrogen-bond donors (Lipinski definition) is 1. The van der Waals surface area contributed by atoms with E-state index in [4.69, 9.17) is 16.3 Å². The first-order valence-corrected chi connectivity index (χ1v) is 10.5. The van der Waals surface area contributed by atoms with Crippen LogP contribution in [0.25, 0.3) is 0 Å². The Bertz CT molecular complexity index is 919. The molecule has 3 aromatic rings. The lowest BCUT2D eigenvalue weighted by atomic mass is 10.1. The van der Waals surface area contributed by atoms with Gasteiger partial charge >= 0.3 is 0 Å². The molecule has 3 aromatic carbocycles. The average molecular weight is 510 g/mol. The molecule has 5 heteroatoms. The fraction of sp³-hybridized carbons (Fsp3) is 0.182. The largest absolute Gasteiger partial charge is 0.487 e. The van der Waals surface area contributed by atoms with Crippen LogP contribution in [0.4, 0.5) is 5.69 Å². The molecule has 0 amide bonds. The summed E-state index contributed by atoms with van der Waals surface area (Å²) in [5.41, 5.74) is 5.93. The predicted octanol–water partition coefficient (Wildman–Crippen LogP) is 7.67. The summed E-state index contributed by atoms with van der Waals surface area (Å²) in [4.78, 5) is 0. The zero-order valence-electron chi connectivity index (χ0n) is 15.2. The van der Waals surface area contributed by atoms with Crippen LogP contribution in [0.3, 0.4) is 0 Å². The summed E-state index contributed by atoms with van der Waals surface area (Å²) in [6.07, 6.45) is 0. The number of benzene rings is 3. The summed E-state index contributed by atoms with van der Waals surface area (Å²) in [6.45, 7) is 5.46. The lowest BCUT2D eigenvalue weighted by molar-refractivity contribution is 0.302. The van der Waals surface area contributed by atoms with Crippen molar-refractivity contribution in [3.05, 3.63) is 90.8 Å². The Balaban J connectivity index is 1.66. The zero-order valence-corrected chi connectivity index (χ0v) is 19.1. The lowest BCUT2D eigenvalue weighted by Crippen LogP contribution is -2.02. The van der Waals surface area contributed by atoms with Gasteiger partial charge < -0.3 is 10.1 Å². The quantitative estimate of drug-likeness (QED) is 0.368. The SMILES string of the molecule is Cc1ccc(NCc2cc(Br)c(OCc3ccc(Cl)cc3)c(Br)c2)cc1C. The monoisotopic (exact) mass is 507 g/mol. The Hall–Kier alpha value is -1.49. The first kappa shape index (κ1) is 20.2. The number of ether oxygens (including phenoxy) is 1. The Morgan fingerprint density at radius 3 is 2.15 bits per heavy atom. The Morgan fingerprint density at radius 2 is 1.52 bits per heavy atom. The Labute approximate surface area is 182 Å². The summed E-state index contributed by atoms with van der Waals surface area (Å²) < 4.78 is 7.82. The van der Waals surface area contributed by atoms with E-state index in [0.717, 1.165) is 43.1 Å². The molecule has 0 aliphatic carbocycles. The van der Waals surface area contributed by atoms with Crippen LogP contribution in [0.15, 0.2) is 63.5 Å². The van der Waals surface area contributed by atoms with Crippen molar-refractivity contribution >= 4 is 49.1 Å². The van der Waals surface area contributed by atoms with Gasteiger partial charge in [0.05, 0.1) is 8.95 Å². The molecule has 0 spiro atoms. The van der Waals surface area contributed by atoms with Crippen molar-refractivity contribution in [1.29, 1.82) is 0 Å². The van der Waals surface area contributed by atoms with Crippen molar-refractivity contribution in [2.75, 3.05) is 5.32 Å². The van der Waals surface area contributed by atoms with E-state index < -0.39 is 0 Å². The van der Waals surface area contributed by atoms with Gasteiger partial charge in [0, 0.05) is 17.3 Å². The summed E-state index contributed by atoms with van der Waals surface area (Å²) in [6, 6.07) is 18.2. The second-order valence-corrected chi connectivity index (χ2v) is 8.60. The molecule has 0 aromatic heterocycles. The molecule has 1 N–H and O–H groups in total. The molecule has 2 nitrogen and oxygen atoms in total. The number of anilines is 1. The van der Waals surface area contributed by atoms with Gasteiger partial charge in [0.1, 0.15) is 12.4 Å². The minimum absolute atomic E-state index is 0.481. The topological polar surface area (TPSA) is 21.3 Å². The van der Waals surface area contributed by atoms with Gasteiger partial charge in [-0.25, -0.2) is 0 Å². The second kappa shape index (κ2) is 9.13. The van der Waals surface area contributed by atoms with Crippen LogP contribution < -0.4 is 10.1 Å². The third-order valence-corrected chi connectivity index (χ3v) is 5.79. The molecule has 0 saturated carbocycles. The van der Waals surface area contributed by atoms with Crippen molar-refractivity contribution in [3.8, 4) is 5.75 Å². The van der Waals surface area contributed by atoms with E-state index in [2.05, 4.69) is 81.4 Å². The number of nitrogens with one attached hydrogen (secondary N) is 1. The molecule has 27 heavy (non-hydrogen) atoms. The minimum atomic E-state index is 0.481. The zero-order chi connectivity index (χ0) is 19.4. The number of halogens is 3. The first-order valence-electron chi connectivity index (χ1n) is 8.58. The molecule has 0 atom stereocenters. The normalized spacial score (nSPS) is 10.7. The van der Waals surface area contributed by atoms with E-state index >= 15 is 0 Å². The van der Waals surface area contributed by atoms with Crippen LogP contribution >= 0.6 is 43.5 Å². The van der Waals surface area contributed by atoms with Crippen LogP contribution in [-0.2, 0) is 13.2 Å². The van der Waals surface area contributed by atoms with Crippen LogP contribution in [0.2, 0.25) is 5.02 Å². The van der Waals surface area contributed by atoms with E-state index in [0.29, 0.717) is 6.61 Å². The van der Waals surface area contributed by atoms with Gasteiger partial charge in [-0.1, -0.05) is 29.8 Å². The van der Waals surface area contributed by atoms with Crippen LogP contribution in [0.5, 0.6) is 5.75 Å². The molecule has 0 radical (unpaired) electrons. The molecule has 3 rings (SSSR count). The smallest absolute Gasteiger partial charge is 0.148 e. The van der Waals surface area contributed by atoms with Gasteiger partial charge in [0.25, 0.3) is 0 Å². The third kappa shape index (κ3) is 5.50. The van der Waals surface area contributed by atoms with Gasteiger partial charge in [-0.05, 0) is 104 Å². The lowest BCUT2D eigenvalue weighted by Gasteiger charge is -2.14. The Morgan fingerprint density at radius 1 is 0.852 bits per heavy atom. The molecule has 0 saturated heterocycles. The summed E-state index contributed by atoms with van der Waals surface area (Å²) in [7, 11) is 0. The van der Waals surface area contributed by atoms with Gasteiger partial charge in [0.2, 0.25) is 0 Å². The highest BCUT2D eigenvalue weighted by Gasteiger charge is 2.10. The molecular formula is C22H20Br2ClNO. The molecule has 0 bridgehead atoms. The van der Waals surface area contributed by atoms with Gasteiger partial charge in [-0.3, -0.25) is 0 Å². The van der Waals surface area contributed by atoms with E-state index in [1.54, 1.807) is 0 Å². The van der Waals surface area contributed by atoms with Crippen molar-refractivity contribution in [2.24, 2.45) is 0 Å². The maximum absolute atomic E-state index is 5.98. The van der Waals surface area contributed by atoms with Gasteiger partial charge in [-0.2, -0.15) is 0 Å². The highest BCUT2D eigenvalue weighted by molar-refractivity contribution is 9.11. The highest BCUT2D eigenvalue weighted by atomic mass is 79.9. The van der Waals surface area contributed by atoms with Crippen molar-refractivity contribution in [2.45, 2.75) is 27.0 Å². The number of rotatable bonds is 6. The molecule has 0 fully saturated rings. The Kier molecular flexibility index (Phi) is 6.85. The van der Waals surface area contributed by atoms with Crippen LogP contribution in [-0.4, -0.2) is 0 Å². The maximum atomic E-state index is 5.98. The van der Waals surface area contributed by atoms with Crippen molar-refractivity contribution < 1.29 is 4.74 Å². The van der Waals surface area contributed by atoms with Crippen molar-refractivity contribution in [1.82, 2.24) is 0 Å². The minimum Gasteiger partial charge on any atom is -0.487 e. The van der Waals surface area contributed by atoms with E-state index in [1.807, 2.05) is 24.3 Å². The maximum Gasteiger partial charge on any atom is 0.148 e.